The first kappa shape index (κ1) is 14.3. The van der Waals surface area contributed by atoms with Crippen LogP contribution in [0.5, 0.6) is 0 Å². The molecule has 1 amide bonds. The molecule has 1 aromatic carbocycles. The van der Waals surface area contributed by atoms with Crippen molar-refractivity contribution < 1.29 is 4.79 Å². The molecule has 1 heterocycles. The van der Waals surface area contributed by atoms with Crippen LogP contribution in [0.2, 0.25) is 5.02 Å². The van der Waals surface area contributed by atoms with Gasteiger partial charge in [0.05, 0.1) is 18.4 Å². The van der Waals surface area contributed by atoms with Gasteiger partial charge in [-0.1, -0.05) is 23.7 Å². The molecule has 5 nitrogen and oxygen atoms in total. The molecule has 0 aliphatic rings. The van der Waals surface area contributed by atoms with Gasteiger partial charge in [0.25, 0.3) is 0 Å². The molecule has 0 radical (unpaired) electrons. The first-order valence-electron chi connectivity index (χ1n) is 6.11. The van der Waals surface area contributed by atoms with Crippen molar-refractivity contribution in [1.82, 2.24) is 4.98 Å². The molecule has 2 aromatic rings. The van der Waals surface area contributed by atoms with Crippen molar-refractivity contribution in [2.24, 2.45) is 5.73 Å². The van der Waals surface area contributed by atoms with E-state index in [2.05, 4.69) is 15.6 Å². The third kappa shape index (κ3) is 4.22. The summed E-state index contributed by atoms with van der Waals surface area (Å²) in [6.07, 6.45) is 1.58. The molecule has 0 saturated carbocycles. The van der Waals surface area contributed by atoms with Crippen LogP contribution >= 0.6 is 11.6 Å². The molecular weight excluding hydrogens is 276 g/mol. The number of carbonyl (C=O) groups is 1. The fourth-order valence-corrected chi connectivity index (χ4v) is 1.71. The van der Waals surface area contributed by atoms with Crippen LogP contribution in [0.25, 0.3) is 0 Å². The van der Waals surface area contributed by atoms with E-state index in [-0.39, 0.29) is 12.5 Å². The average Bonchev–Trinajstić information content (AvgIpc) is 2.48. The number of benzene rings is 1. The molecule has 0 unspecified atom stereocenters. The van der Waals surface area contributed by atoms with E-state index in [0.29, 0.717) is 17.3 Å². The summed E-state index contributed by atoms with van der Waals surface area (Å²) in [6, 6.07) is 11.2. The summed E-state index contributed by atoms with van der Waals surface area (Å²) in [4.78, 5) is 15.3. The molecular formula is C14H15ClN4O. The third-order valence-electron chi connectivity index (χ3n) is 2.62. The van der Waals surface area contributed by atoms with E-state index in [1.165, 1.54) is 0 Å². The number of aromatic nitrogens is 1. The van der Waals surface area contributed by atoms with E-state index in [9.17, 15) is 4.79 Å². The number of halogens is 1. The Morgan fingerprint density at radius 1 is 1.20 bits per heavy atom. The molecule has 0 bridgehead atoms. The van der Waals surface area contributed by atoms with Gasteiger partial charge in [0.15, 0.2) is 0 Å². The summed E-state index contributed by atoms with van der Waals surface area (Å²) < 4.78 is 0. The van der Waals surface area contributed by atoms with Gasteiger partial charge in [-0.15, -0.1) is 0 Å². The van der Waals surface area contributed by atoms with Crippen molar-refractivity contribution >= 4 is 29.0 Å². The maximum Gasteiger partial charge on any atom is 0.238 e. The number of hydrogen-bond acceptors (Lipinski definition) is 4. The number of pyridine rings is 1. The summed E-state index contributed by atoms with van der Waals surface area (Å²) in [7, 11) is 0. The maximum absolute atomic E-state index is 11.1. The highest BCUT2D eigenvalue weighted by Crippen LogP contribution is 2.13. The van der Waals surface area contributed by atoms with Crippen LogP contribution in [0.4, 0.5) is 11.5 Å². The molecule has 0 fully saturated rings. The smallest absolute Gasteiger partial charge is 0.238 e. The Labute approximate surface area is 122 Å². The minimum atomic E-state index is -0.242. The van der Waals surface area contributed by atoms with Crippen molar-refractivity contribution in [2.45, 2.75) is 6.54 Å². The highest BCUT2D eigenvalue weighted by molar-refractivity contribution is 6.30. The predicted octanol–water partition coefficient (Wildman–Crippen LogP) is 2.24. The second-order valence-electron chi connectivity index (χ2n) is 4.16. The van der Waals surface area contributed by atoms with Gasteiger partial charge in [-0.25, -0.2) is 4.98 Å². The van der Waals surface area contributed by atoms with Gasteiger partial charge in [-0.05, 0) is 29.8 Å². The Bertz CT molecular complexity index is 569. The second kappa shape index (κ2) is 6.88. The van der Waals surface area contributed by atoms with E-state index >= 15 is 0 Å². The molecule has 2 rings (SSSR count). The average molecular weight is 291 g/mol. The van der Waals surface area contributed by atoms with Crippen LogP contribution in [-0.2, 0) is 11.3 Å². The monoisotopic (exact) mass is 290 g/mol. The Kier molecular flexibility index (Phi) is 4.92. The fourth-order valence-electron chi connectivity index (χ4n) is 1.58. The SMILES string of the molecule is NCC(=O)Nc1ccc(NCc2ccc(Cl)cc2)nc1. The lowest BCUT2D eigenvalue weighted by atomic mass is 10.2. The molecule has 4 N–H and O–H groups in total. The lowest BCUT2D eigenvalue weighted by Gasteiger charge is -2.07. The van der Waals surface area contributed by atoms with Gasteiger partial charge in [0.2, 0.25) is 5.91 Å². The Morgan fingerprint density at radius 2 is 1.95 bits per heavy atom. The highest BCUT2D eigenvalue weighted by atomic mass is 35.5. The first-order chi connectivity index (χ1) is 9.67. The van der Waals surface area contributed by atoms with Crippen molar-refractivity contribution in [2.75, 3.05) is 17.2 Å². The van der Waals surface area contributed by atoms with Gasteiger partial charge >= 0.3 is 0 Å². The second-order valence-corrected chi connectivity index (χ2v) is 4.60. The molecule has 6 heteroatoms. The van der Waals surface area contributed by atoms with Crippen molar-refractivity contribution in [3.8, 4) is 0 Å². The molecule has 0 spiro atoms. The van der Waals surface area contributed by atoms with E-state index in [0.717, 1.165) is 11.4 Å². The quantitative estimate of drug-likeness (QED) is 0.789. The number of rotatable bonds is 5. The summed E-state index contributed by atoms with van der Waals surface area (Å²) in [5, 5.41) is 6.53. The largest absolute Gasteiger partial charge is 0.366 e. The van der Waals surface area contributed by atoms with Gasteiger partial charge in [0, 0.05) is 11.6 Å². The Morgan fingerprint density at radius 3 is 2.55 bits per heavy atom. The molecule has 0 aliphatic heterocycles. The van der Waals surface area contributed by atoms with E-state index < -0.39 is 0 Å². The third-order valence-corrected chi connectivity index (χ3v) is 2.87. The van der Waals surface area contributed by atoms with Crippen LogP contribution < -0.4 is 16.4 Å². The zero-order chi connectivity index (χ0) is 14.4. The molecule has 20 heavy (non-hydrogen) atoms. The Hall–Kier alpha value is -2.11. The van der Waals surface area contributed by atoms with Crippen LogP contribution in [0.1, 0.15) is 5.56 Å². The maximum atomic E-state index is 11.1. The number of amides is 1. The Balaban J connectivity index is 1.90. The summed E-state index contributed by atoms with van der Waals surface area (Å²) >= 11 is 5.82. The van der Waals surface area contributed by atoms with Gasteiger partial charge in [-0.2, -0.15) is 0 Å². The fraction of sp³-hybridized carbons (Fsp3) is 0.143. The standard InChI is InChI=1S/C14H15ClN4O/c15-11-3-1-10(2-4-11)8-17-13-6-5-12(9-18-13)19-14(20)7-16/h1-6,9H,7-8,16H2,(H,17,18)(H,19,20). The number of anilines is 2. The zero-order valence-corrected chi connectivity index (χ0v) is 11.5. The van der Waals surface area contributed by atoms with Crippen LogP contribution in [0.15, 0.2) is 42.6 Å². The molecule has 1 aromatic heterocycles. The first-order valence-corrected chi connectivity index (χ1v) is 6.49. The van der Waals surface area contributed by atoms with Crippen molar-refractivity contribution in [1.29, 1.82) is 0 Å². The van der Waals surface area contributed by atoms with Crippen LogP contribution in [0, 0.1) is 0 Å². The van der Waals surface area contributed by atoms with Gasteiger partial charge < -0.3 is 16.4 Å². The summed E-state index contributed by atoms with van der Waals surface area (Å²) in [5.41, 5.74) is 6.95. The van der Waals surface area contributed by atoms with E-state index in [4.69, 9.17) is 17.3 Å². The number of nitrogens with one attached hydrogen (secondary N) is 2. The normalized spacial score (nSPS) is 10.1. The van der Waals surface area contributed by atoms with Crippen molar-refractivity contribution in [3.05, 3.63) is 53.2 Å². The minimum Gasteiger partial charge on any atom is -0.366 e. The van der Waals surface area contributed by atoms with Crippen molar-refractivity contribution in [3.63, 3.8) is 0 Å². The zero-order valence-electron chi connectivity index (χ0n) is 10.8. The lowest BCUT2D eigenvalue weighted by Crippen LogP contribution is -2.21. The number of carbonyl (C=O) groups excluding carboxylic acids is 1. The number of nitrogens with zero attached hydrogens (tertiary/aromatic N) is 1. The van der Waals surface area contributed by atoms with E-state index in [1.54, 1.807) is 18.3 Å². The molecule has 0 atom stereocenters. The van der Waals surface area contributed by atoms with Crippen LogP contribution in [0.3, 0.4) is 0 Å². The lowest BCUT2D eigenvalue weighted by molar-refractivity contribution is -0.114. The minimum absolute atomic E-state index is 0.0451. The molecule has 0 aliphatic carbocycles. The molecule has 0 saturated heterocycles. The van der Waals surface area contributed by atoms with Gasteiger partial charge in [0.1, 0.15) is 5.82 Å². The highest BCUT2D eigenvalue weighted by Gasteiger charge is 2.00. The predicted molar refractivity (Wildman–Crippen MR) is 80.7 cm³/mol. The van der Waals surface area contributed by atoms with Gasteiger partial charge in [-0.3, -0.25) is 4.79 Å². The summed E-state index contributed by atoms with van der Waals surface area (Å²) in [5.74, 6) is 0.486. The number of hydrogen-bond donors (Lipinski definition) is 3. The number of nitrogens with two attached hydrogens (primary N) is 1. The summed E-state index contributed by atoms with van der Waals surface area (Å²) in [6.45, 7) is 0.606. The molecule has 104 valence electrons. The van der Waals surface area contributed by atoms with Crippen LogP contribution in [-0.4, -0.2) is 17.4 Å². The topological polar surface area (TPSA) is 80.0 Å². The van der Waals surface area contributed by atoms with E-state index in [1.807, 2.05) is 24.3 Å².